The molecule has 0 radical (unpaired) electrons. The topological polar surface area (TPSA) is 39.2 Å². The summed E-state index contributed by atoms with van der Waals surface area (Å²) in [5, 5.41) is 0. The van der Waals surface area contributed by atoms with Gasteiger partial charge in [-0.15, -0.1) is 0 Å². The first-order valence-electron chi connectivity index (χ1n) is 5.16. The third-order valence-electron chi connectivity index (χ3n) is 2.92. The van der Waals surface area contributed by atoms with Crippen LogP contribution in [0.4, 0.5) is 0 Å². The minimum absolute atomic E-state index is 0.549. The van der Waals surface area contributed by atoms with Crippen molar-refractivity contribution in [1.29, 1.82) is 0 Å². The molecule has 1 aliphatic carbocycles. The second-order valence-corrected chi connectivity index (χ2v) is 3.77. The van der Waals surface area contributed by atoms with Crippen molar-refractivity contribution in [3.8, 4) is 0 Å². The molecule has 0 aliphatic heterocycles. The van der Waals surface area contributed by atoms with Crippen LogP contribution >= 0.6 is 0 Å². The molecular weight excluding hydrogens is 162 g/mol. The van der Waals surface area contributed by atoms with E-state index in [1.54, 1.807) is 0 Å². The molecule has 0 fully saturated rings. The molecule has 72 valence electrons. The highest BCUT2D eigenvalue weighted by Crippen LogP contribution is 2.33. The van der Waals surface area contributed by atoms with Gasteiger partial charge >= 0.3 is 0 Å². The number of aryl methyl sites for hydroxylation is 2. The monoisotopic (exact) mass is 179 g/mol. The zero-order valence-corrected chi connectivity index (χ0v) is 8.18. The summed E-state index contributed by atoms with van der Waals surface area (Å²) in [5.74, 6) is 2.86. The molecule has 2 N–H and O–H groups in total. The number of fused-ring (bicyclic) bond motifs is 1. The van der Waals surface area contributed by atoms with Gasteiger partial charge in [0.1, 0.15) is 11.5 Å². The highest BCUT2D eigenvalue weighted by Gasteiger charge is 2.22. The normalized spacial score (nSPS) is 21.5. The molecular formula is C11H17NO. The van der Waals surface area contributed by atoms with Crippen molar-refractivity contribution in [1.82, 2.24) is 0 Å². The van der Waals surface area contributed by atoms with Crippen LogP contribution in [0.25, 0.3) is 0 Å². The molecule has 1 aromatic rings. The second kappa shape index (κ2) is 3.54. The Morgan fingerprint density at radius 1 is 1.62 bits per heavy atom. The van der Waals surface area contributed by atoms with Crippen LogP contribution in [0, 0.1) is 0 Å². The Bertz CT molecular complexity index is 290. The first kappa shape index (κ1) is 8.82. The first-order chi connectivity index (χ1) is 6.35. The summed E-state index contributed by atoms with van der Waals surface area (Å²) < 4.78 is 5.73. The van der Waals surface area contributed by atoms with Gasteiger partial charge in [0.15, 0.2) is 0 Å². The molecule has 1 aliphatic rings. The maximum absolute atomic E-state index is 5.73. The Morgan fingerprint density at radius 3 is 3.15 bits per heavy atom. The van der Waals surface area contributed by atoms with Crippen LogP contribution in [-0.2, 0) is 12.8 Å². The molecule has 1 aromatic heterocycles. The minimum atomic E-state index is 0.549. The largest absolute Gasteiger partial charge is 0.466 e. The Labute approximate surface area is 79.1 Å². The predicted octanol–water partition coefficient (Wildman–Crippen LogP) is 2.22. The third kappa shape index (κ3) is 1.51. The summed E-state index contributed by atoms with van der Waals surface area (Å²) in [6, 6.07) is 2.20. The molecule has 0 spiro atoms. The van der Waals surface area contributed by atoms with Crippen LogP contribution in [0.2, 0.25) is 0 Å². The summed E-state index contributed by atoms with van der Waals surface area (Å²) in [5.41, 5.74) is 7.11. The van der Waals surface area contributed by atoms with Crippen molar-refractivity contribution in [2.24, 2.45) is 5.73 Å². The Hall–Kier alpha value is -0.760. The summed E-state index contributed by atoms with van der Waals surface area (Å²) in [6.07, 6.45) is 4.55. The van der Waals surface area contributed by atoms with Crippen molar-refractivity contribution >= 4 is 0 Å². The van der Waals surface area contributed by atoms with Gasteiger partial charge in [-0.05, 0) is 36.9 Å². The van der Waals surface area contributed by atoms with Crippen LogP contribution in [0.1, 0.15) is 42.8 Å². The Kier molecular flexibility index (Phi) is 2.40. The number of hydrogen-bond donors (Lipinski definition) is 1. The lowest BCUT2D eigenvalue weighted by Crippen LogP contribution is -2.16. The maximum Gasteiger partial charge on any atom is 0.107 e. The quantitative estimate of drug-likeness (QED) is 0.756. The fourth-order valence-corrected chi connectivity index (χ4v) is 2.13. The fraction of sp³-hybridized carbons (Fsp3) is 0.636. The van der Waals surface area contributed by atoms with E-state index in [-0.39, 0.29) is 0 Å². The van der Waals surface area contributed by atoms with Crippen LogP contribution in [0.5, 0.6) is 0 Å². The number of nitrogens with two attached hydrogens (primary N) is 1. The van der Waals surface area contributed by atoms with E-state index in [0.717, 1.165) is 25.1 Å². The number of rotatable bonds is 2. The van der Waals surface area contributed by atoms with Crippen LogP contribution in [0.15, 0.2) is 10.5 Å². The van der Waals surface area contributed by atoms with Gasteiger partial charge in [-0.1, -0.05) is 6.92 Å². The van der Waals surface area contributed by atoms with Gasteiger partial charge < -0.3 is 10.2 Å². The van der Waals surface area contributed by atoms with Gasteiger partial charge in [-0.25, -0.2) is 0 Å². The lowest BCUT2D eigenvalue weighted by Gasteiger charge is -2.19. The fourth-order valence-electron chi connectivity index (χ4n) is 2.13. The van der Waals surface area contributed by atoms with Gasteiger partial charge in [0, 0.05) is 12.8 Å². The van der Waals surface area contributed by atoms with Crippen molar-refractivity contribution in [2.45, 2.75) is 38.5 Å². The molecule has 0 saturated heterocycles. The van der Waals surface area contributed by atoms with Gasteiger partial charge in [0.05, 0.1) is 0 Å². The van der Waals surface area contributed by atoms with E-state index in [9.17, 15) is 0 Å². The standard InChI is InChI=1S/C11H17NO/c1-2-9-6-10-8(7-12)4-3-5-11(10)13-9/h6,8H,2-5,7,12H2,1H3. The predicted molar refractivity (Wildman–Crippen MR) is 52.8 cm³/mol. The van der Waals surface area contributed by atoms with E-state index in [1.165, 1.54) is 24.2 Å². The minimum Gasteiger partial charge on any atom is -0.466 e. The van der Waals surface area contributed by atoms with E-state index < -0.39 is 0 Å². The van der Waals surface area contributed by atoms with Gasteiger partial charge in [-0.3, -0.25) is 0 Å². The lowest BCUT2D eigenvalue weighted by molar-refractivity contribution is 0.430. The average molecular weight is 179 g/mol. The van der Waals surface area contributed by atoms with Crippen molar-refractivity contribution < 1.29 is 4.42 Å². The SMILES string of the molecule is CCc1cc2c(o1)CCCC2CN. The summed E-state index contributed by atoms with van der Waals surface area (Å²) >= 11 is 0. The highest BCUT2D eigenvalue weighted by atomic mass is 16.3. The van der Waals surface area contributed by atoms with Gasteiger partial charge in [-0.2, -0.15) is 0 Å². The van der Waals surface area contributed by atoms with E-state index in [4.69, 9.17) is 10.2 Å². The lowest BCUT2D eigenvalue weighted by atomic mass is 9.87. The van der Waals surface area contributed by atoms with E-state index in [0.29, 0.717) is 5.92 Å². The van der Waals surface area contributed by atoms with Crippen molar-refractivity contribution in [2.75, 3.05) is 6.54 Å². The highest BCUT2D eigenvalue weighted by molar-refractivity contribution is 5.28. The average Bonchev–Trinajstić information content (AvgIpc) is 2.59. The smallest absolute Gasteiger partial charge is 0.107 e. The molecule has 1 atom stereocenters. The summed E-state index contributed by atoms with van der Waals surface area (Å²) in [4.78, 5) is 0. The molecule has 1 heterocycles. The number of hydrogen-bond acceptors (Lipinski definition) is 2. The molecule has 0 saturated carbocycles. The molecule has 0 amide bonds. The first-order valence-corrected chi connectivity index (χ1v) is 5.16. The zero-order chi connectivity index (χ0) is 9.26. The van der Waals surface area contributed by atoms with Crippen molar-refractivity contribution in [3.63, 3.8) is 0 Å². The van der Waals surface area contributed by atoms with E-state index in [1.807, 2.05) is 0 Å². The second-order valence-electron chi connectivity index (χ2n) is 3.77. The molecule has 13 heavy (non-hydrogen) atoms. The Morgan fingerprint density at radius 2 is 2.46 bits per heavy atom. The van der Waals surface area contributed by atoms with Gasteiger partial charge in [0.25, 0.3) is 0 Å². The molecule has 1 unspecified atom stereocenters. The van der Waals surface area contributed by atoms with E-state index in [2.05, 4.69) is 13.0 Å². The van der Waals surface area contributed by atoms with Gasteiger partial charge in [0.2, 0.25) is 0 Å². The van der Waals surface area contributed by atoms with E-state index >= 15 is 0 Å². The number of furan rings is 1. The molecule has 2 heteroatoms. The molecule has 2 nitrogen and oxygen atoms in total. The summed E-state index contributed by atoms with van der Waals surface area (Å²) in [6.45, 7) is 2.89. The third-order valence-corrected chi connectivity index (χ3v) is 2.92. The van der Waals surface area contributed by atoms with Crippen LogP contribution < -0.4 is 5.73 Å². The molecule has 2 rings (SSSR count). The van der Waals surface area contributed by atoms with Crippen LogP contribution in [0.3, 0.4) is 0 Å². The van der Waals surface area contributed by atoms with Crippen molar-refractivity contribution in [3.05, 3.63) is 23.2 Å². The Balaban J connectivity index is 2.32. The molecule has 0 aromatic carbocycles. The van der Waals surface area contributed by atoms with Crippen LogP contribution in [-0.4, -0.2) is 6.54 Å². The zero-order valence-electron chi connectivity index (χ0n) is 8.18. The molecule has 0 bridgehead atoms. The maximum atomic E-state index is 5.73. The summed E-state index contributed by atoms with van der Waals surface area (Å²) in [7, 11) is 0.